The van der Waals surface area contributed by atoms with Gasteiger partial charge < -0.3 is 4.74 Å². The van der Waals surface area contributed by atoms with E-state index >= 15 is 0 Å². The van der Waals surface area contributed by atoms with Crippen molar-refractivity contribution in [3.63, 3.8) is 0 Å². The lowest BCUT2D eigenvalue weighted by molar-refractivity contribution is 0.0842. The van der Waals surface area contributed by atoms with Gasteiger partial charge in [0.25, 0.3) is 11.8 Å². The number of methoxy groups -OCH3 is 1. The van der Waals surface area contributed by atoms with Gasteiger partial charge in [0.15, 0.2) is 11.6 Å². The molecule has 0 aliphatic heterocycles. The van der Waals surface area contributed by atoms with E-state index in [9.17, 15) is 14.0 Å². The molecule has 1 heterocycles. The lowest BCUT2D eigenvalue weighted by Crippen LogP contribution is -2.42. The number of nitrogens with zero attached hydrogens (tertiary/aromatic N) is 2. The van der Waals surface area contributed by atoms with E-state index in [-0.39, 0.29) is 17.0 Å². The van der Waals surface area contributed by atoms with E-state index in [2.05, 4.69) is 15.8 Å². The third-order valence-corrected chi connectivity index (χ3v) is 3.61. The number of amides is 2. The summed E-state index contributed by atoms with van der Waals surface area (Å²) in [5.41, 5.74) is 5.56. The summed E-state index contributed by atoms with van der Waals surface area (Å²) >= 11 is 0. The maximum absolute atomic E-state index is 13.7. The summed E-state index contributed by atoms with van der Waals surface area (Å²) in [5, 5.41) is 0. The molecule has 0 fully saturated rings. The molecule has 2 amide bonds. The van der Waals surface area contributed by atoms with Gasteiger partial charge >= 0.3 is 0 Å². The van der Waals surface area contributed by atoms with Crippen molar-refractivity contribution in [1.82, 2.24) is 20.4 Å². The van der Waals surface area contributed by atoms with Crippen LogP contribution in [0, 0.1) is 5.82 Å². The van der Waals surface area contributed by atoms with Gasteiger partial charge in [0.1, 0.15) is 5.69 Å². The number of rotatable bonds is 4. The predicted octanol–water partition coefficient (Wildman–Crippen LogP) is 2.09. The van der Waals surface area contributed by atoms with Crippen LogP contribution in [-0.4, -0.2) is 28.5 Å². The van der Waals surface area contributed by atoms with Crippen LogP contribution in [0.15, 0.2) is 61.1 Å². The van der Waals surface area contributed by atoms with Gasteiger partial charge in [0.2, 0.25) is 0 Å². The zero-order chi connectivity index (χ0) is 18.5. The molecule has 2 aromatic carbocycles. The molecule has 8 heteroatoms. The molecule has 3 rings (SSSR count). The molecule has 0 aliphatic rings. The van der Waals surface area contributed by atoms with Crippen LogP contribution < -0.4 is 15.6 Å². The Labute approximate surface area is 148 Å². The van der Waals surface area contributed by atoms with Gasteiger partial charge in [0, 0.05) is 11.3 Å². The van der Waals surface area contributed by atoms with Crippen molar-refractivity contribution in [2.75, 3.05) is 7.11 Å². The second-order valence-corrected chi connectivity index (χ2v) is 5.24. The normalized spacial score (nSPS) is 10.2. The topological polar surface area (TPSA) is 85.2 Å². The number of halogens is 1. The Bertz CT molecular complexity index is 941. The van der Waals surface area contributed by atoms with Crippen molar-refractivity contribution in [3.8, 4) is 11.4 Å². The molecule has 3 aromatic rings. The van der Waals surface area contributed by atoms with E-state index in [1.165, 1.54) is 31.8 Å². The Kier molecular flexibility index (Phi) is 4.93. The van der Waals surface area contributed by atoms with E-state index in [1.807, 2.05) is 30.3 Å². The highest BCUT2D eigenvalue weighted by atomic mass is 19.1. The molecule has 2 N–H and O–H groups in total. The molecular formula is C18H15FN4O3. The van der Waals surface area contributed by atoms with Gasteiger partial charge in [-0.25, -0.2) is 9.37 Å². The van der Waals surface area contributed by atoms with E-state index in [0.29, 0.717) is 0 Å². The monoisotopic (exact) mass is 354 g/mol. The second-order valence-electron chi connectivity index (χ2n) is 5.24. The zero-order valence-corrected chi connectivity index (χ0v) is 13.8. The summed E-state index contributed by atoms with van der Waals surface area (Å²) in [7, 11) is 1.33. The van der Waals surface area contributed by atoms with Crippen LogP contribution in [0.3, 0.4) is 0 Å². The average Bonchev–Trinajstić information content (AvgIpc) is 3.16. The van der Waals surface area contributed by atoms with Crippen molar-refractivity contribution in [2.24, 2.45) is 0 Å². The van der Waals surface area contributed by atoms with E-state index in [0.717, 1.165) is 11.8 Å². The fourth-order valence-electron chi connectivity index (χ4n) is 2.31. The van der Waals surface area contributed by atoms with E-state index < -0.39 is 17.6 Å². The standard InChI is InChI=1S/C18H15FN4O3/c1-26-16-8-7-12(9-14(16)19)17(24)21-22-18(25)15-10-20-11-23(15)13-5-3-2-4-6-13/h2-11H,1H3,(H,21,24)(H,22,25). The average molecular weight is 354 g/mol. The Balaban J connectivity index is 1.69. The lowest BCUT2D eigenvalue weighted by atomic mass is 10.2. The number of aromatic nitrogens is 2. The first-order valence-electron chi connectivity index (χ1n) is 7.62. The number of imidazole rings is 1. The molecule has 0 bridgehead atoms. The second kappa shape index (κ2) is 7.47. The summed E-state index contributed by atoms with van der Waals surface area (Å²) in [5.74, 6) is -1.87. The third kappa shape index (κ3) is 3.54. The summed E-state index contributed by atoms with van der Waals surface area (Å²) in [6.07, 6.45) is 2.87. The van der Waals surface area contributed by atoms with Gasteiger partial charge in [0.05, 0.1) is 19.6 Å². The number of hydrogen-bond donors (Lipinski definition) is 2. The number of benzene rings is 2. The first kappa shape index (κ1) is 17.2. The Morgan fingerprint density at radius 3 is 2.50 bits per heavy atom. The minimum atomic E-state index is -0.673. The van der Waals surface area contributed by atoms with Crippen molar-refractivity contribution >= 4 is 11.8 Å². The number of hydrogen-bond acceptors (Lipinski definition) is 4. The number of ether oxygens (including phenoxy) is 1. The molecule has 1 aromatic heterocycles. The minimum absolute atomic E-state index is 0.0253. The zero-order valence-electron chi connectivity index (χ0n) is 13.8. The summed E-state index contributed by atoms with van der Waals surface area (Å²) in [6.45, 7) is 0. The highest BCUT2D eigenvalue weighted by Crippen LogP contribution is 2.17. The predicted molar refractivity (Wildman–Crippen MR) is 91.4 cm³/mol. The maximum atomic E-state index is 13.7. The molecule has 0 spiro atoms. The molecule has 0 aliphatic carbocycles. The molecule has 0 saturated heterocycles. The minimum Gasteiger partial charge on any atom is -0.494 e. The molecule has 0 atom stereocenters. The Hall–Kier alpha value is -3.68. The van der Waals surface area contributed by atoms with Gasteiger partial charge in [-0.1, -0.05) is 18.2 Å². The summed E-state index contributed by atoms with van der Waals surface area (Å²) in [6, 6.07) is 12.9. The van der Waals surface area contributed by atoms with Gasteiger partial charge in [-0.3, -0.25) is 25.0 Å². The Morgan fingerprint density at radius 1 is 1.08 bits per heavy atom. The molecular weight excluding hydrogens is 339 g/mol. The molecule has 0 saturated carbocycles. The Morgan fingerprint density at radius 2 is 1.81 bits per heavy atom. The molecule has 0 unspecified atom stereocenters. The van der Waals surface area contributed by atoms with Crippen LogP contribution in [-0.2, 0) is 0 Å². The van der Waals surface area contributed by atoms with Crippen molar-refractivity contribution in [3.05, 3.63) is 78.1 Å². The SMILES string of the molecule is COc1ccc(C(=O)NNC(=O)c2cncn2-c2ccccc2)cc1F. The lowest BCUT2D eigenvalue weighted by Gasteiger charge is -2.10. The number of nitrogens with one attached hydrogen (secondary N) is 2. The van der Waals surface area contributed by atoms with E-state index in [4.69, 9.17) is 4.74 Å². The number of hydrazine groups is 1. The van der Waals surface area contributed by atoms with Crippen LogP contribution >= 0.6 is 0 Å². The fraction of sp³-hybridized carbons (Fsp3) is 0.0556. The first-order chi connectivity index (χ1) is 12.6. The highest BCUT2D eigenvalue weighted by molar-refractivity contribution is 5.98. The summed E-state index contributed by atoms with van der Waals surface area (Å²) < 4.78 is 20.0. The molecule has 26 heavy (non-hydrogen) atoms. The van der Waals surface area contributed by atoms with Crippen molar-refractivity contribution in [2.45, 2.75) is 0 Å². The number of carbonyl (C=O) groups excluding carboxylic acids is 2. The van der Waals surface area contributed by atoms with Crippen LogP contribution in [0.1, 0.15) is 20.8 Å². The van der Waals surface area contributed by atoms with E-state index in [1.54, 1.807) is 4.57 Å². The molecule has 7 nitrogen and oxygen atoms in total. The maximum Gasteiger partial charge on any atom is 0.288 e. The van der Waals surface area contributed by atoms with Crippen molar-refractivity contribution in [1.29, 1.82) is 0 Å². The molecule has 0 radical (unpaired) electrons. The number of para-hydroxylation sites is 1. The third-order valence-electron chi connectivity index (χ3n) is 3.61. The van der Waals surface area contributed by atoms with Gasteiger partial charge in [-0.15, -0.1) is 0 Å². The van der Waals surface area contributed by atoms with Crippen molar-refractivity contribution < 1.29 is 18.7 Å². The fourth-order valence-corrected chi connectivity index (χ4v) is 2.31. The van der Waals surface area contributed by atoms with Crippen LogP contribution in [0.5, 0.6) is 5.75 Å². The summed E-state index contributed by atoms with van der Waals surface area (Å²) in [4.78, 5) is 28.4. The first-order valence-corrected chi connectivity index (χ1v) is 7.62. The highest BCUT2D eigenvalue weighted by Gasteiger charge is 2.15. The number of carbonyl (C=O) groups is 2. The quantitative estimate of drug-likeness (QED) is 0.703. The molecule has 132 valence electrons. The van der Waals surface area contributed by atoms with Crippen LogP contribution in [0.25, 0.3) is 5.69 Å². The largest absolute Gasteiger partial charge is 0.494 e. The van der Waals surface area contributed by atoms with Gasteiger partial charge in [-0.2, -0.15) is 0 Å². The van der Waals surface area contributed by atoms with Crippen LogP contribution in [0.4, 0.5) is 4.39 Å². The smallest absolute Gasteiger partial charge is 0.288 e. The van der Waals surface area contributed by atoms with Gasteiger partial charge in [-0.05, 0) is 30.3 Å². The van der Waals surface area contributed by atoms with Crippen LogP contribution in [0.2, 0.25) is 0 Å².